The van der Waals surface area contributed by atoms with E-state index in [0.717, 1.165) is 48.8 Å². The third kappa shape index (κ3) is 10.7. The summed E-state index contributed by atoms with van der Waals surface area (Å²) in [6.07, 6.45) is 6.00. The molecule has 4 rings (SSSR count). The van der Waals surface area contributed by atoms with Gasteiger partial charge in [-0.2, -0.15) is 0 Å². The predicted molar refractivity (Wildman–Crippen MR) is 180 cm³/mol. The first-order chi connectivity index (χ1) is 22.7. The third-order valence-electron chi connectivity index (χ3n) is 7.41. The average Bonchev–Trinajstić information content (AvgIpc) is 3.61. The Labute approximate surface area is 277 Å². The van der Waals surface area contributed by atoms with E-state index in [1.807, 2.05) is 0 Å². The van der Waals surface area contributed by atoms with Gasteiger partial charge in [0.25, 0.3) is 5.91 Å². The standard InChI is InChI=1S/C31H40ClN13O2/c32-26-28(35)40-27(34)25(39-26)30(47)41-31(36)37-18-4-2-5-19-7-12-21(13-8-19)22-14-9-20(10-15-22)11-16-24(46)38-23(6-1-3-17-33)29-42-44-45-43-29/h7-10,12-15,23H,1-6,11,16-18,33H2,(H,38,46)(H4,34,35,40)(H3,36,37,41,47)(H,42,43,44,45). The summed E-state index contributed by atoms with van der Waals surface area (Å²) in [5, 5.41) is 30.1. The van der Waals surface area contributed by atoms with Crippen molar-refractivity contribution in [3.8, 4) is 11.1 Å². The number of carbonyl (C=O) groups excluding carboxylic acids is 2. The molecule has 15 nitrogen and oxygen atoms in total. The van der Waals surface area contributed by atoms with Crippen LogP contribution in [0.25, 0.3) is 11.1 Å². The van der Waals surface area contributed by atoms with E-state index in [-0.39, 0.29) is 40.4 Å². The summed E-state index contributed by atoms with van der Waals surface area (Å²) in [5.74, 6) is -0.623. The van der Waals surface area contributed by atoms with E-state index in [0.29, 0.717) is 38.2 Å². The van der Waals surface area contributed by atoms with E-state index in [2.05, 4.69) is 95.1 Å². The molecule has 0 saturated carbocycles. The lowest BCUT2D eigenvalue weighted by Gasteiger charge is -2.15. The molecule has 4 aromatic rings. The van der Waals surface area contributed by atoms with Crippen LogP contribution in [0.2, 0.25) is 5.15 Å². The Bertz CT molecular complexity index is 1610. The Morgan fingerprint density at radius 3 is 2.21 bits per heavy atom. The number of benzene rings is 2. The summed E-state index contributed by atoms with van der Waals surface area (Å²) in [5.41, 5.74) is 21.1. The Kier molecular flexibility index (Phi) is 12.9. The minimum Gasteiger partial charge on any atom is -0.382 e. The van der Waals surface area contributed by atoms with Gasteiger partial charge >= 0.3 is 0 Å². The predicted octanol–water partition coefficient (Wildman–Crippen LogP) is 2.67. The molecular formula is C31H40ClN13O2. The number of tetrazole rings is 1. The van der Waals surface area contributed by atoms with Gasteiger partial charge in [-0.1, -0.05) is 60.1 Å². The van der Waals surface area contributed by atoms with E-state index >= 15 is 0 Å². The number of aromatic amines is 1. The molecule has 0 radical (unpaired) electrons. The highest BCUT2D eigenvalue weighted by Gasteiger charge is 2.18. The molecule has 2 heterocycles. The monoisotopic (exact) mass is 661 g/mol. The molecule has 2 aromatic heterocycles. The Morgan fingerprint density at radius 1 is 0.894 bits per heavy atom. The van der Waals surface area contributed by atoms with E-state index in [1.54, 1.807) is 0 Å². The molecule has 2 amide bonds. The molecule has 0 bridgehead atoms. The fraction of sp³-hybridized carbons (Fsp3) is 0.355. The molecule has 0 spiro atoms. The fourth-order valence-electron chi connectivity index (χ4n) is 4.83. The van der Waals surface area contributed by atoms with Crippen LogP contribution < -0.4 is 33.2 Å². The van der Waals surface area contributed by atoms with Crippen LogP contribution in [0.15, 0.2) is 48.5 Å². The zero-order chi connectivity index (χ0) is 33.6. The van der Waals surface area contributed by atoms with Crippen molar-refractivity contribution in [1.29, 1.82) is 5.41 Å². The van der Waals surface area contributed by atoms with Gasteiger partial charge in [-0.05, 0) is 84.2 Å². The molecule has 248 valence electrons. The van der Waals surface area contributed by atoms with E-state index in [1.165, 1.54) is 5.56 Å². The van der Waals surface area contributed by atoms with Crippen LogP contribution in [0, 0.1) is 5.41 Å². The molecule has 1 unspecified atom stereocenters. The molecule has 11 N–H and O–H groups in total. The molecule has 16 heteroatoms. The summed E-state index contributed by atoms with van der Waals surface area (Å²) in [4.78, 5) is 32.6. The summed E-state index contributed by atoms with van der Waals surface area (Å²) in [7, 11) is 0. The Balaban J connectivity index is 1.15. The number of unbranched alkanes of at least 4 members (excludes halogenated alkanes) is 2. The smallest absolute Gasteiger partial charge is 0.280 e. The van der Waals surface area contributed by atoms with Crippen LogP contribution in [0.4, 0.5) is 11.6 Å². The van der Waals surface area contributed by atoms with E-state index < -0.39 is 5.91 Å². The number of nitrogens with zero attached hydrogens (tertiary/aromatic N) is 5. The van der Waals surface area contributed by atoms with Gasteiger partial charge in [-0.15, -0.1) is 5.10 Å². The number of nitrogens with two attached hydrogens (primary N) is 3. The summed E-state index contributed by atoms with van der Waals surface area (Å²) in [6.45, 7) is 1.11. The number of amides is 2. The van der Waals surface area contributed by atoms with Gasteiger partial charge in [0.2, 0.25) is 5.91 Å². The first-order valence-corrected chi connectivity index (χ1v) is 15.7. The largest absolute Gasteiger partial charge is 0.382 e. The van der Waals surface area contributed by atoms with E-state index in [4.69, 9.17) is 34.2 Å². The number of guanidine groups is 1. The van der Waals surface area contributed by atoms with Crippen LogP contribution in [-0.2, 0) is 17.6 Å². The van der Waals surface area contributed by atoms with Crippen molar-refractivity contribution in [3.63, 3.8) is 0 Å². The van der Waals surface area contributed by atoms with Gasteiger partial charge in [-0.25, -0.2) is 15.1 Å². The quantitative estimate of drug-likeness (QED) is 0.0492. The molecule has 0 aliphatic carbocycles. The maximum absolute atomic E-state index is 12.7. The molecule has 0 saturated heterocycles. The van der Waals surface area contributed by atoms with Crippen molar-refractivity contribution in [2.24, 2.45) is 5.73 Å². The van der Waals surface area contributed by atoms with Crippen LogP contribution in [0.5, 0.6) is 0 Å². The summed E-state index contributed by atoms with van der Waals surface area (Å²) >= 11 is 5.81. The van der Waals surface area contributed by atoms with Gasteiger partial charge in [0.05, 0.1) is 6.04 Å². The number of rotatable bonds is 16. The maximum atomic E-state index is 12.7. The van der Waals surface area contributed by atoms with Crippen LogP contribution in [0.3, 0.4) is 0 Å². The molecular weight excluding hydrogens is 622 g/mol. The van der Waals surface area contributed by atoms with Gasteiger partial charge in [0, 0.05) is 13.0 Å². The van der Waals surface area contributed by atoms with Gasteiger partial charge in [-0.3, -0.25) is 20.3 Å². The molecule has 47 heavy (non-hydrogen) atoms. The second-order valence-electron chi connectivity index (χ2n) is 10.9. The number of hydrogen-bond donors (Lipinski definition) is 8. The highest BCUT2D eigenvalue weighted by atomic mass is 35.5. The summed E-state index contributed by atoms with van der Waals surface area (Å²) in [6, 6.07) is 16.4. The highest BCUT2D eigenvalue weighted by molar-refractivity contribution is 6.31. The second kappa shape index (κ2) is 17.5. The van der Waals surface area contributed by atoms with Crippen molar-refractivity contribution < 1.29 is 9.59 Å². The molecule has 0 aliphatic heterocycles. The zero-order valence-electron chi connectivity index (χ0n) is 25.9. The third-order valence-corrected chi connectivity index (χ3v) is 7.69. The molecule has 2 aromatic carbocycles. The number of hydrogen-bond acceptors (Lipinski definition) is 11. The number of H-pyrrole nitrogens is 1. The Morgan fingerprint density at radius 2 is 1.57 bits per heavy atom. The van der Waals surface area contributed by atoms with Gasteiger partial charge in [0.1, 0.15) is 0 Å². The Hall–Kier alpha value is -5.15. The average molecular weight is 662 g/mol. The van der Waals surface area contributed by atoms with Crippen molar-refractivity contribution >= 4 is 41.0 Å². The SMILES string of the molecule is N=C(NCCCCc1ccc(-c2ccc(CCC(=O)NC(CCCCN)c3nnn[nH]3)cc2)cc1)NC(=O)c1nc(Cl)c(N)nc1N. The van der Waals surface area contributed by atoms with Crippen molar-refractivity contribution in [1.82, 2.24) is 46.5 Å². The molecule has 1 atom stereocenters. The van der Waals surface area contributed by atoms with Crippen molar-refractivity contribution in [2.75, 3.05) is 24.6 Å². The number of aromatic nitrogens is 6. The van der Waals surface area contributed by atoms with Crippen molar-refractivity contribution in [3.05, 3.63) is 76.3 Å². The number of carbonyl (C=O) groups is 2. The highest BCUT2D eigenvalue weighted by Crippen LogP contribution is 2.22. The topological polar surface area (TPSA) is 252 Å². The minimum absolute atomic E-state index is 0.0549. The minimum atomic E-state index is -0.701. The van der Waals surface area contributed by atoms with Gasteiger partial charge < -0.3 is 27.8 Å². The number of anilines is 2. The van der Waals surface area contributed by atoms with Crippen molar-refractivity contribution in [2.45, 2.75) is 57.4 Å². The second-order valence-corrected chi connectivity index (χ2v) is 11.3. The maximum Gasteiger partial charge on any atom is 0.280 e. The lowest BCUT2D eigenvalue weighted by molar-refractivity contribution is -0.121. The van der Waals surface area contributed by atoms with Gasteiger partial charge in [0.15, 0.2) is 34.3 Å². The summed E-state index contributed by atoms with van der Waals surface area (Å²) < 4.78 is 0. The fourth-order valence-corrected chi connectivity index (χ4v) is 4.96. The van der Waals surface area contributed by atoms with Crippen LogP contribution >= 0.6 is 11.6 Å². The molecule has 0 fully saturated rings. The molecule has 0 aliphatic rings. The van der Waals surface area contributed by atoms with Crippen LogP contribution in [0.1, 0.15) is 72.0 Å². The van der Waals surface area contributed by atoms with Crippen LogP contribution in [-0.4, -0.2) is 61.5 Å². The zero-order valence-corrected chi connectivity index (χ0v) is 26.7. The first kappa shape index (κ1) is 34.7. The normalized spacial score (nSPS) is 11.5. The van der Waals surface area contributed by atoms with E-state index in [9.17, 15) is 9.59 Å². The number of nitrogen functional groups attached to an aromatic ring is 2. The number of halogens is 1. The first-order valence-electron chi connectivity index (χ1n) is 15.4. The lowest BCUT2D eigenvalue weighted by atomic mass is 9.99. The number of nitrogens with one attached hydrogen (secondary N) is 5. The number of aryl methyl sites for hydroxylation is 2. The lowest BCUT2D eigenvalue weighted by Crippen LogP contribution is -2.41.